The van der Waals surface area contributed by atoms with Gasteiger partial charge in [-0.1, -0.05) is 25.5 Å². The Kier molecular flexibility index (Phi) is 2.76. The summed E-state index contributed by atoms with van der Waals surface area (Å²) in [6.45, 7) is 6.27. The van der Waals surface area contributed by atoms with Crippen LogP contribution >= 0.6 is 0 Å². The minimum atomic E-state index is -0.426. The van der Waals surface area contributed by atoms with Crippen molar-refractivity contribution >= 4 is 11.9 Å². The first-order chi connectivity index (χ1) is 7.90. The quantitative estimate of drug-likeness (QED) is 0.514. The van der Waals surface area contributed by atoms with Crippen LogP contribution in [-0.2, 0) is 19.1 Å². The van der Waals surface area contributed by atoms with Crippen LogP contribution in [0.5, 0.6) is 0 Å². The van der Waals surface area contributed by atoms with Gasteiger partial charge in [0.1, 0.15) is 6.61 Å². The number of fused-ring (bicyclic) bond motifs is 1. The molecule has 0 spiro atoms. The van der Waals surface area contributed by atoms with E-state index in [-0.39, 0.29) is 23.3 Å². The van der Waals surface area contributed by atoms with Gasteiger partial charge in [-0.3, -0.25) is 9.59 Å². The van der Waals surface area contributed by atoms with Crippen molar-refractivity contribution in [2.45, 2.75) is 20.8 Å². The lowest BCUT2D eigenvalue weighted by molar-refractivity contribution is -0.156. The van der Waals surface area contributed by atoms with E-state index in [0.29, 0.717) is 6.61 Å². The molecule has 0 radical (unpaired) electrons. The molecule has 0 aromatic rings. The molecule has 0 saturated carbocycles. The standard InChI is InChI=1S/C13H18O4/c1-7-5-13(3)6-17-12(15)10(13)9(8(7)2)11(14)16-4/h5,8-10H,6H2,1-4H3/t8-,9-,10+,13-/m0/s1. The topological polar surface area (TPSA) is 52.6 Å². The Morgan fingerprint density at radius 1 is 1.59 bits per heavy atom. The molecule has 0 bridgehead atoms. The Balaban J connectivity index is 2.47. The summed E-state index contributed by atoms with van der Waals surface area (Å²) in [5.41, 5.74) is 0.754. The first-order valence-corrected chi connectivity index (χ1v) is 5.84. The molecular formula is C13H18O4. The zero-order chi connectivity index (χ0) is 12.8. The fourth-order valence-corrected chi connectivity index (χ4v) is 3.06. The van der Waals surface area contributed by atoms with Crippen LogP contribution in [0.2, 0.25) is 0 Å². The summed E-state index contributed by atoms with van der Waals surface area (Å²) in [7, 11) is 1.36. The van der Waals surface area contributed by atoms with Gasteiger partial charge in [0.25, 0.3) is 0 Å². The predicted octanol–water partition coefficient (Wildman–Crippen LogP) is 1.55. The van der Waals surface area contributed by atoms with Gasteiger partial charge in [0.15, 0.2) is 0 Å². The highest BCUT2D eigenvalue weighted by Crippen LogP contribution is 2.49. The van der Waals surface area contributed by atoms with Gasteiger partial charge in [-0.05, 0) is 12.8 Å². The second-order valence-electron chi connectivity index (χ2n) is 5.32. The van der Waals surface area contributed by atoms with Crippen molar-refractivity contribution in [2.75, 3.05) is 13.7 Å². The van der Waals surface area contributed by atoms with E-state index in [4.69, 9.17) is 9.47 Å². The monoisotopic (exact) mass is 238 g/mol. The smallest absolute Gasteiger partial charge is 0.310 e. The number of ether oxygens (including phenoxy) is 2. The third-order valence-electron chi connectivity index (χ3n) is 4.14. The highest BCUT2D eigenvalue weighted by molar-refractivity contribution is 5.85. The number of carbonyl (C=O) groups excluding carboxylic acids is 2. The minimum Gasteiger partial charge on any atom is -0.469 e. The van der Waals surface area contributed by atoms with Crippen molar-refractivity contribution in [1.82, 2.24) is 0 Å². The Morgan fingerprint density at radius 3 is 2.82 bits per heavy atom. The molecule has 0 amide bonds. The molecule has 1 fully saturated rings. The molecule has 17 heavy (non-hydrogen) atoms. The number of esters is 2. The largest absolute Gasteiger partial charge is 0.469 e. The zero-order valence-electron chi connectivity index (χ0n) is 10.6. The lowest BCUT2D eigenvalue weighted by atomic mass is 9.62. The molecule has 4 nitrogen and oxygen atoms in total. The van der Waals surface area contributed by atoms with E-state index in [2.05, 4.69) is 6.08 Å². The average molecular weight is 238 g/mol. The molecule has 1 aliphatic carbocycles. The molecule has 1 saturated heterocycles. The Bertz CT molecular complexity index is 398. The first kappa shape index (κ1) is 12.1. The maximum absolute atomic E-state index is 11.9. The van der Waals surface area contributed by atoms with Crippen LogP contribution in [0.15, 0.2) is 11.6 Å². The summed E-state index contributed by atoms with van der Waals surface area (Å²) < 4.78 is 9.97. The molecule has 2 rings (SSSR count). The summed E-state index contributed by atoms with van der Waals surface area (Å²) >= 11 is 0. The minimum absolute atomic E-state index is 0.0196. The van der Waals surface area contributed by atoms with Gasteiger partial charge in [0, 0.05) is 5.41 Å². The predicted molar refractivity (Wildman–Crippen MR) is 61.0 cm³/mol. The van der Waals surface area contributed by atoms with Crippen molar-refractivity contribution in [3.63, 3.8) is 0 Å². The van der Waals surface area contributed by atoms with Crippen molar-refractivity contribution in [2.24, 2.45) is 23.2 Å². The molecule has 2 aliphatic rings. The molecule has 1 heterocycles. The molecule has 4 atom stereocenters. The van der Waals surface area contributed by atoms with E-state index in [0.717, 1.165) is 5.57 Å². The fourth-order valence-electron chi connectivity index (χ4n) is 3.06. The second-order valence-corrected chi connectivity index (χ2v) is 5.32. The molecule has 0 aromatic carbocycles. The van der Waals surface area contributed by atoms with E-state index in [9.17, 15) is 9.59 Å². The average Bonchev–Trinajstić information content (AvgIpc) is 2.56. The van der Waals surface area contributed by atoms with Gasteiger partial charge < -0.3 is 9.47 Å². The summed E-state index contributed by atoms with van der Waals surface area (Å²) in [5.74, 6) is -1.41. The highest BCUT2D eigenvalue weighted by atomic mass is 16.5. The van der Waals surface area contributed by atoms with Crippen LogP contribution in [0.25, 0.3) is 0 Å². The second kappa shape index (κ2) is 3.86. The Labute approximate surface area is 101 Å². The number of cyclic esters (lactones) is 1. The summed E-state index contributed by atoms with van der Waals surface area (Å²) in [6.07, 6.45) is 2.08. The molecule has 0 N–H and O–H groups in total. The van der Waals surface area contributed by atoms with Crippen LogP contribution in [0.1, 0.15) is 20.8 Å². The van der Waals surface area contributed by atoms with Gasteiger partial charge in [0.05, 0.1) is 18.9 Å². The van der Waals surface area contributed by atoms with Crippen LogP contribution in [0, 0.1) is 23.2 Å². The third-order valence-corrected chi connectivity index (χ3v) is 4.14. The Hall–Kier alpha value is -1.32. The lowest BCUT2D eigenvalue weighted by Gasteiger charge is -2.38. The maximum Gasteiger partial charge on any atom is 0.310 e. The zero-order valence-corrected chi connectivity index (χ0v) is 10.6. The SMILES string of the molecule is COC(=O)[C@H]1[C@@H](C)C(C)=C[C@@]2(C)COC(=O)[C@@H]12. The van der Waals surface area contributed by atoms with Crippen molar-refractivity contribution in [1.29, 1.82) is 0 Å². The molecule has 1 aliphatic heterocycles. The summed E-state index contributed by atoms with van der Waals surface area (Å²) in [5, 5.41) is 0. The third kappa shape index (κ3) is 1.66. The number of rotatable bonds is 1. The van der Waals surface area contributed by atoms with E-state index >= 15 is 0 Å². The molecule has 0 aromatic heterocycles. The summed E-state index contributed by atoms with van der Waals surface area (Å²) in [4.78, 5) is 23.7. The Morgan fingerprint density at radius 2 is 2.24 bits per heavy atom. The van der Waals surface area contributed by atoms with Crippen molar-refractivity contribution in [3.05, 3.63) is 11.6 Å². The normalized spacial score (nSPS) is 40.4. The highest BCUT2D eigenvalue weighted by Gasteiger charge is 2.56. The van der Waals surface area contributed by atoms with E-state index < -0.39 is 11.8 Å². The number of allylic oxidation sites excluding steroid dienone is 1. The van der Waals surface area contributed by atoms with Crippen LogP contribution in [0.3, 0.4) is 0 Å². The van der Waals surface area contributed by atoms with Gasteiger partial charge in [-0.2, -0.15) is 0 Å². The number of carbonyl (C=O) groups is 2. The van der Waals surface area contributed by atoms with Crippen LogP contribution in [0.4, 0.5) is 0 Å². The molecule has 94 valence electrons. The number of hydrogen-bond donors (Lipinski definition) is 0. The van der Waals surface area contributed by atoms with E-state index in [1.807, 2.05) is 20.8 Å². The first-order valence-electron chi connectivity index (χ1n) is 5.84. The molecular weight excluding hydrogens is 220 g/mol. The fraction of sp³-hybridized carbons (Fsp3) is 0.692. The van der Waals surface area contributed by atoms with Gasteiger partial charge in [-0.25, -0.2) is 0 Å². The lowest BCUT2D eigenvalue weighted by Crippen LogP contribution is -2.44. The van der Waals surface area contributed by atoms with E-state index in [1.165, 1.54) is 7.11 Å². The molecule has 0 unspecified atom stereocenters. The van der Waals surface area contributed by atoms with Gasteiger partial charge >= 0.3 is 11.9 Å². The number of hydrogen-bond acceptors (Lipinski definition) is 4. The summed E-state index contributed by atoms with van der Waals surface area (Å²) in [6, 6.07) is 0. The van der Waals surface area contributed by atoms with Crippen molar-refractivity contribution in [3.8, 4) is 0 Å². The maximum atomic E-state index is 11.9. The molecule has 4 heteroatoms. The number of methoxy groups -OCH3 is 1. The van der Waals surface area contributed by atoms with Gasteiger partial charge in [-0.15, -0.1) is 0 Å². The van der Waals surface area contributed by atoms with Crippen molar-refractivity contribution < 1.29 is 19.1 Å². The van der Waals surface area contributed by atoms with Crippen LogP contribution in [-0.4, -0.2) is 25.7 Å². The van der Waals surface area contributed by atoms with Crippen LogP contribution < -0.4 is 0 Å². The van der Waals surface area contributed by atoms with E-state index in [1.54, 1.807) is 0 Å². The van der Waals surface area contributed by atoms with Gasteiger partial charge in [0.2, 0.25) is 0 Å².